The van der Waals surface area contributed by atoms with E-state index in [1.807, 2.05) is 0 Å². The van der Waals surface area contributed by atoms with Gasteiger partial charge in [-0.25, -0.2) is 8.78 Å². The quantitative estimate of drug-likeness (QED) is 0.790. The van der Waals surface area contributed by atoms with Gasteiger partial charge in [-0.3, -0.25) is 0 Å². The zero-order valence-electron chi connectivity index (χ0n) is 8.90. The molecule has 1 aromatic carbocycles. The number of benzene rings is 1. The highest BCUT2D eigenvalue weighted by Gasteiger charge is 2.15. The van der Waals surface area contributed by atoms with Crippen molar-refractivity contribution in [2.24, 2.45) is 5.92 Å². The minimum absolute atomic E-state index is 0.126. The monoisotopic (exact) mass is 245 g/mol. The smallest absolute Gasteiger partial charge is 0.177 e. The summed E-state index contributed by atoms with van der Waals surface area (Å²) in [6.07, 6.45) is 3.02. The molecule has 0 radical (unpaired) electrons. The van der Waals surface area contributed by atoms with Crippen LogP contribution in [0.4, 0.5) is 8.78 Å². The Hall–Kier alpha value is -0.670. The van der Waals surface area contributed by atoms with E-state index >= 15 is 0 Å². The van der Waals surface area contributed by atoms with Crippen molar-refractivity contribution in [3.63, 3.8) is 0 Å². The zero-order chi connectivity index (χ0) is 11.5. The summed E-state index contributed by atoms with van der Waals surface area (Å²) in [5.41, 5.74) is 0.776. The summed E-state index contributed by atoms with van der Waals surface area (Å²) in [5, 5.41) is 3.17. The van der Waals surface area contributed by atoms with Crippen molar-refractivity contribution in [3.05, 3.63) is 34.4 Å². The van der Waals surface area contributed by atoms with Gasteiger partial charge in [0.05, 0.1) is 5.02 Å². The third-order valence-corrected chi connectivity index (χ3v) is 3.24. The lowest BCUT2D eigenvalue weighted by Crippen LogP contribution is -2.30. The van der Waals surface area contributed by atoms with E-state index in [0.717, 1.165) is 37.9 Å². The first-order valence-corrected chi connectivity index (χ1v) is 5.89. The van der Waals surface area contributed by atoms with Crippen molar-refractivity contribution in [2.75, 3.05) is 13.1 Å². The summed E-state index contributed by atoms with van der Waals surface area (Å²) in [6, 6.07) is 2.77. The Morgan fingerprint density at radius 2 is 2.19 bits per heavy atom. The highest BCUT2D eigenvalue weighted by atomic mass is 35.5. The molecule has 0 amide bonds. The number of nitrogens with one attached hydrogen (secondary N) is 1. The summed E-state index contributed by atoms with van der Waals surface area (Å²) in [6.45, 7) is 1.99. The number of hydrogen-bond acceptors (Lipinski definition) is 1. The van der Waals surface area contributed by atoms with Crippen LogP contribution in [-0.2, 0) is 6.42 Å². The van der Waals surface area contributed by atoms with Crippen LogP contribution in [0.2, 0.25) is 5.02 Å². The average molecular weight is 246 g/mol. The van der Waals surface area contributed by atoms with Gasteiger partial charge in [-0.05, 0) is 56.0 Å². The molecular formula is C12H14ClF2N. The maximum atomic E-state index is 13.1. The van der Waals surface area contributed by atoms with Crippen LogP contribution < -0.4 is 5.32 Å². The molecule has 0 aromatic heterocycles. The van der Waals surface area contributed by atoms with Crippen molar-refractivity contribution in [3.8, 4) is 0 Å². The van der Waals surface area contributed by atoms with Gasteiger partial charge in [-0.2, -0.15) is 0 Å². The van der Waals surface area contributed by atoms with Crippen molar-refractivity contribution in [1.29, 1.82) is 0 Å². The van der Waals surface area contributed by atoms with Crippen molar-refractivity contribution >= 4 is 11.6 Å². The molecule has 0 saturated carbocycles. The second-order valence-electron chi connectivity index (χ2n) is 4.29. The summed E-state index contributed by atoms with van der Waals surface area (Å²) in [4.78, 5) is 0. The van der Waals surface area contributed by atoms with Gasteiger partial charge in [0, 0.05) is 0 Å². The Kier molecular flexibility index (Phi) is 3.77. The predicted molar refractivity (Wildman–Crippen MR) is 60.7 cm³/mol. The minimum atomic E-state index is -0.952. The third-order valence-electron chi connectivity index (χ3n) is 2.97. The molecule has 1 fully saturated rings. The van der Waals surface area contributed by atoms with E-state index in [4.69, 9.17) is 11.6 Å². The molecule has 1 N–H and O–H groups in total. The molecular weight excluding hydrogens is 232 g/mol. The van der Waals surface area contributed by atoms with Crippen LogP contribution in [0.1, 0.15) is 18.4 Å². The molecule has 1 aliphatic rings. The Bertz CT molecular complexity index is 352. The lowest BCUT2D eigenvalue weighted by atomic mass is 9.92. The van der Waals surface area contributed by atoms with E-state index in [1.54, 1.807) is 0 Å². The van der Waals surface area contributed by atoms with Crippen molar-refractivity contribution in [2.45, 2.75) is 19.3 Å². The van der Waals surface area contributed by atoms with Crippen LogP contribution in [0.15, 0.2) is 12.1 Å². The van der Waals surface area contributed by atoms with Gasteiger partial charge < -0.3 is 5.32 Å². The fourth-order valence-electron chi connectivity index (χ4n) is 2.16. The number of rotatable bonds is 2. The molecule has 0 bridgehead atoms. The summed E-state index contributed by atoms with van der Waals surface area (Å²) >= 11 is 5.61. The fraction of sp³-hybridized carbons (Fsp3) is 0.500. The Morgan fingerprint density at radius 1 is 1.38 bits per heavy atom. The minimum Gasteiger partial charge on any atom is -0.316 e. The molecule has 88 valence electrons. The van der Waals surface area contributed by atoms with E-state index in [0.29, 0.717) is 5.92 Å². The summed E-state index contributed by atoms with van der Waals surface area (Å²) in [5.74, 6) is -1.31. The molecule has 1 aromatic rings. The number of halogens is 3. The molecule has 1 aliphatic heterocycles. The molecule has 1 nitrogen and oxygen atoms in total. The van der Waals surface area contributed by atoms with Gasteiger partial charge in [-0.15, -0.1) is 0 Å². The maximum Gasteiger partial charge on any atom is 0.177 e. The van der Waals surface area contributed by atoms with E-state index in [2.05, 4.69) is 5.32 Å². The first kappa shape index (κ1) is 11.8. The average Bonchev–Trinajstić information content (AvgIpc) is 2.27. The Balaban J connectivity index is 2.09. The van der Waals surface area contributed by atoms with Crippen LogP contribution in [0, 0.1) is 17.6 Å². The Labute approximate surface area is 98.8 Å². The number of hydrogen-bond donors (Lipinski definition) is 1. The highest BCUT2D eigenvalue weighted by Crippen LogP contribution is 2.23. The molecule has 0 spiro atoms. The first-order chi connectivity index (χ1) is 7.66. The first-order valence-electron chi connectivity index (χ1n) is 5.51. The van der Waals surface area contributed by atoms with Crippen LogP contribution in [0.5, 0.6) is 0 Å². The molecule has 0 aliphatic carbocycles. The largest absolute Gasteiger partial charge is 0.316 e. The second kappa shape index (κ2) is 5.11. The van der Waals surface area contributed by atoms with Gasteiger partial charge in [0.25, 0.3) is 0 Å². The lowest BCUT2D eigenvalue weighted by molar-refractivity contribution is 0.375. The zero-order valence-corrected chi connectivity index (χ0v) is 9.66. The summed E-state index contributed by atoms with van der Waals surface area (Å²) < 4.78 is 26.1. The van der Waals surface area contributed by atoms with Gasteiger partial charge in [-0.1, -0.05) is 11.6 Å². The SMILES string of the molecule is Fc1cc(CC2CCCNC2)cc(Cl)c1F. The summed E-state index contributed by atoms with van der Waals surface area (Å²) in [7, 11) is 0. The second-order valence-corrected chi connectivity index (χ2v) is 4.70. The van der Waals surface area contributed by atoms with E-state index in [1.165, 1.54) is 12.1 Å². The third kappa shape index (κ3) is 2.71. The molecule has 1 unspecified atom stereocenters. The normalized spacial score (nSPS) is 21.1. The fourth-order valence-corrected chi connectivity index (χ4v) is 2.39. The molecule has 1 saturated heterocycles. The molecule has 2 rings (SSSR count). The van der Waals surface area contributed by atoms with Gasteiger partial charge in [0.15, 0.2) is 11.6 Å². The van der Waals surface area contributed by atoms with Gasteiger partial charge in [0.2, 0.25) is 0 Å². The Morgan fingerprint density at radius 3 is 2.81 bits per heavy atom. The van der Waals surface area contributed by atoms with E-state index in [9.17, 15) is 8.78 Å². The number of piperidine rings is 1. The van der Waals surface area contributed by atoms with Crippen LogP contribution >= 0.6 is 11.6 Å². The van der Waals surface area contributed by atoms with Crippen LogP contribution in [0.25, 0.3) is 0 Å². The molecule has 4 heteroatoms. The standard InChI is InChI=1S/C12H14ClF2N/c13-10-5-9(6-11(14)12(10)15)4-8-2-1-3-16-7-8/h5-6,8,16H,1-4,7H2. The molecule has 1 heterocycles. The topological polar surface area (TPSA) is 12.0 Å². The van der Waals surface area contributed by atoms with Crippen LogP contribution in [-0.4, -0.2) is 13.1 Å². The van der Waals surface area contributed by atoms with Crippen molar-refractivity contribution < 1.29 is 8.78 Å². The molecule has 16 heavy (non-hydrogen) atoms. The van der Waals surface area contributed by atoms with Crippen molar-refractivity contribution in [1.82, 2.24) is 5.32 Å². The predicted octanol–water partition coefficient (Wildman–Crippen LogP) is 3.16. The lowest BCUT2D eigenvalue weighted by Gasteiger charge is -2.22. The van der Waals surface area contributed by atoms with Gasteiger partial charge in [0.1, 0.15) is 0 Å². The van der Waals surface area contributed by atoms with E-state index in [-0.39, 0.29) is 5.02 Å². The molecule has 1 atom stereocenters. The highest BCUT2D eigenvalue weighted by molar-refractivity contribution is 6.30. The van der Waals surface area contributed by atoms with E-state index < -0.39 is 11.6 Å². The van der Waals surface area contributed by atoms with Gasteiger partial charge >= 0.3 is 0 Å². The van der Waals surface area contributed by atoms with Crippen LogP contribution in [0.3, 0.4) is 0 Å². The maximum absolute atomic E-state index is 13.1.